The Hall–Kier alpha value is -3.49. The van der Waals surface area contributed by atoms with Crippen molar-refractivity contribution in [2.75, 3.05) is 37.6 Å². The van der Waals surface area contributed by atoms with E-state index < -0.39 is 4.92 Å². The molecule has 0 saturated carbocycles. The summed E-state index contributed by atoms with van der Waals surface area (Å²) in [6.07, 6.45) is 2.33. The van der Waals surface area contributed by atoms with Crippen LogP contribution in [0.4, 0.5) is 11.5 Å². The number of hydrogen-bond acceptors (Lipinski definition) is 6. The Kier molecular flexibility index (Phi) is 5.83. The summed E-state index contributed by atoms with van der Waals surface area (Å²) in [6, 6.07) is 10.9. The Morgan fingerprint density at radius 3 is 2.48 bits per heavy atom. The van der Waals surface area contributed by atoms with Gasteiger partial charge in [-0.2, -0.15) is 0 Å². The van der Waals surface area contributed by atoms with Gasteiger partial charge in [0.2, 0.25) is 11.8 Å². The van der Waals surface area contributed by atoms with Gasteiger partial charge in [0.15, 0.2) is 0 Å². The molecular weight excluding hydrogens is 398 g/mol. The van der Waals surface area contributed by atoms with E-state index in [0.717, 1.165) is 12.0 Å². The molecule has 0 aliphatic carbocycles. The summed E-state index contributed by atoms with van der Waals surface area (Å²) in [7, 11) is 0. The van der Waals surface area contributed by atoms with Crippen LogP contribution in [0.25, 0.3) is 0 Å². The number of amides is 2. The molecule has 1 atom stereocenters. The second kappa shape index (κ2) is 8.71. The van der Waals surface area contributed by atoms with E-state index in [1.807, 2.05) is 28.0 Å². The molecule has 1 fully saturated rings. The summed E-state index contributed by atoms with van der Waals surface area (Å²) < 4.78 is 0. The molecular formula is C22H25N5O4. The maximum atomic E-state index is 13.1. The first-order valence-electron chi connectivity index (χ1n) is 10.4. The van der Waals surface area contributed by atoms with E-state index in [2.05, 4.69) is 11.1 Å². The zero-order valence-corrected chi connectivity index (χ0v) is 17.4. The number of pyridine rings is 1. The lowest BCUT2D eigenvalue weighted by Gasteiger charge is -2.39. The van der Waals surface area contributed by atoms with Gasteiger partial charge in [-0.3, -0.25) is 19.7 Å². The molecule has 2 aliphatic heterocycles. The lowest BCUT2D eigenvalue weighted by molar-refractivity contribution is -0.385. The first-order valence-corrected chi connectivity index (χ1v) is 10.4. The van der Waals surface area contributed by atoms with Gasteiger partial charge in [-0.15, -0.1) is 0 Å². The number of rotatable bonds is 4. The number of nitro groups is 1. The van der Waals surface area contributed by atoms with Crippen molar-refractivity contribution in [2.45, 2.75) is 25.8 Å². The Morgan fingerprint density at radius 2 is 1.84 bits per heavy atom. The van der Waals surface area contributed by atoms with Crippen molar-refractivity contribution in [2.24, 2.45) is 0 Å². The van der Waals surface area contributed by atoms with Crippen molar-refractivity contribution in [3.8, 4) is 0 Å². The highest BCUT2D eigenvalue weighted by atomic mass is 16.6. The average molecular weight is 423 g/mol. The topological polar surface area (TPSA) is 99.9 Å². The molecule has 31 heavy (non-hydrogen) atoms. The third-order valence-electron chi connectivity index (χ3n) is 6.08. The lowest BCUT2D eigenvalue weighted by atomic mass is 9.90. The van der Waals surface area contributed by atoms with Crippen molar-refractivity contribution in [3.63, 3.8) is 0 Å². The van der Waals surface area contributed by atoms with E-state index in [9.17, 15) is 19.7 Å². The van der Waals surface area contributed by atoms with E-state index in [4.69, 9.17) is 0 Å². The van der Waals surface area contributed by atoms with Gasteiger partial charge in [0, 0.05) is 45.7 Å². The van der Waals surface area contributed by atoms with Crippen LogP contribution in [0, 0.1) is 10.1 Å². The second-order valence-corrected chi connectivity index (χ2v) is 7.88. The molecule has 2 aromatic rings. The third kappa shape index (κ3) is 4.35. The molecule has 1 aromatic carbocycles. The van der Waals surface area contributed by atoms with Crippen LogP contribution in [0.5, 0.6) is 0 Å². The highest BCUT2D eigenvalue weighted by Crippen LogP contribution is 2.33. The van der Waals surface area contributed by atoms with Crippen molar-refractivity contribution in [1.29, 1.82) is 0 Å². The molecule has 0 radical (unpaired) electrons. The van der Waals surface area contributed by atoms with Gasteiger partial charge < -0.3 is 14.7 Å². The number of aromatic nitrogens is 1. The van der Waals surface area contributed by atoms with Gasteiger partial charge >= 0.3 is 0 Å². The minimum Gasteiger partial charge on any atom is -0.353 e. The van der Waals surface area contributed by atoms with Gasteiger partial charge in [-0.05, 0) is 23.6 Å². The third-order valence-corrected chi connectivity index (χ3v) is 6.08. The number of fused-ring (bicyclic) bond motifs is 1. The van der Waals surface area contributed by atoms with Crippen LogP contribution >= 0.6 is 0 Å². The quantitative estimate of drug-likeness (QED) is 0.552. The minimum absolute atomic E-state index is 0.0126. The van der Waals surface area contributed by atoms with Crippen LogP contribution in [0.2, 0.25) is 0 Å². The molecule has 4 rings (SSSR count). The van der Waals surface area contributed by atoms with E-state index >= 15 is 0 Å². The summed E-state index contributed by atoms with van der Waals surface area (Å²) in [6.45, 7) is 4.49. The largest absolute Gasteiger partial charge is 0.353 e. The van der Waals surface area contributed by atoms with Gasteiger partial charge in [0.1, 0.15) is 12.0 Å². The van der Waals surface area contributed by atoms with Crippen LogP contribution < -0.4 is 4.90 Å². The van der Waals surface area contributed by atoms with Gasteiger partial charge in [-0.1, -0.05) is 24.3 Å². The number of anilines is 1. The first kappa shape index (κ1) is 20.8. The molecule has 2 aliphatic rings. The van der Waals surface area contributed by atoms with Crippen LogP contribution in [0.3, 0.4) is 0 Å². The normalized spacial score (nSPS) is 18.5. The predicted octanol–water partition coefficient (Wildman–Crippen LogP) is 2.17. The molecule has 9 heteroatoms. The summed E-state index contributed by atoms with van der Waals surface area (Å²) in [5.74, 6) is 0.687. The zero-order chi connectivity index (χ0) is 22.0. The number of nitrogens with zero attached hydrogens (tertiary/aromatic N) is 5. The predicted molar refractivity (Wildman–Crippen MR) is 115 cm³/mol. The first-order chi connectivity index (χ1) is 14.9. The van der Waals surface area contributed by atoms with Gasteiger partial charge in [-0.25, -0.2) is 4.98 Å². The number of carbonyl (C=O) groups excluding carboxylic acids is 2. The maximum absolute atomic E-state index is 13.1. The number of benzene rings is 1. The maximum Gasteiger partial charge on any atom is 0.287 e. The van der Waals surface area contributed by atoms with Crippen LogP contribution in [-0.4, -0.2) is 64.2 Å². The lowest BCUT2D eigenvalue weighted by Crippen LogP contribution is -2.50. The molecule has 3 heterocycles. The van der Waals surface area contributed by atoms with Crippen LogP contribution in [0.15, 0.2) is 42.6 Å². The fraction of sp³-hybridized carbons (Fsp3) is 0.409. The highest BCUT2D eigenvalue weighted by Gasteiger charge is 2.32. The number of hydrogen-bond donors (Lipinski definition) is 0. The molecule has 1 aromatic heterocycles. The summed E-state index contributed by atoms with van der Waals surface area (Å²) in [5, 5.41) is 10.8. The number of piperazine rings is 1. The van der Waals surface area contributed by atoms with Crippen LogP contribution in [0.1, 0.15) is 30.5 Å². The van der Waals surface area contributed by atoms with E-state index in [1.165, 1.54) is 17.8 Å². The molecule has 0 bridgehead atoms. The molecule has 162 valence electrons. The average Bonchev–Trinajstić information content (AvgIpc) is 2.79. The zero-order valence-electron chi connectivity index (χ0n) is 17.4. The van der Waals surface area contributed by atoms with Gasteiger partial charge in [0.25, 0.3) is 5.69 Å². The fourth-order valence-corrected chi connectivity index (χ4v) is 4.40. The fourth-order valence-electron chi connectivity index (χ4n) is 4.40. The molecule has 1 unspecified atom stereocenters. The van der Waals surface area contributed by atoms with Crippen molar-refractivity contribution >= 4 is 23.3 Å². The van der Waals surface area contributed by atoms with Gasteiger partial charge in [0.05, 0.1) is 17.4 Å². The molecule has 0 spiro atoms. The Balaban J connectivity index is 1.40. The van der Waals surface area contributed by atoms with Crippen molar-refractivity contribution < 1.29 is 14.5 Å². The molecule has 9 nitrogen and oxygen atoms in total. The minimum atomic E-state index is -0.471. The second-order valence-electron chi connectivity index (χ2n) is 7.88. The highest BCUT2D eigenvalue weighted by molar-refractivity contribution is 5.80. The van der Waals surface area contributed by atoms with E-state index in [1.54, 1.807) is 17.9 Å². The molecule has 2 amide bonds. The SMILES string of the molecule is CC(=O)N1CCc2ccccc2C1CC(=O)N1CCN(c2ccc([N+](=O)[O-])cn2)CC1. The van der Waals surface area contributed by atoms with E-state index in [0.29, 0.717) is 38.5 Å². The monoisotopic (exact) mass is 423 g/mol. The smallest absolute Gasteiger partial charge is 0.287 e. The molecule has 0 N–H and O–H groups in total. The Labute approximate surface area is 180 Å². The summed E-state index contributed by atoms with van der Waals surface area (Å²) in [4.78, 5) is 45.4. The Morgan fingerprint density at radius 1 is 1.10 bits per heavy atom. The van der Waals surface area contributed by atoms with Crippen molar-refractivity contribution in [3.05, 3.63) is 63.8 Å². The Bertz CT molecular complexity index is 986. The summed E-state index contributed by atoms with van der Waals surface area (Å²) in [5.41, 5.74) is 2.22. The van der Waals surface area contributed by atoms with Crippen molar-refractivity contribution in [1.82, 2.24) is 14.8 Å². The van der Waals surface area contributed by atoms with Crippen LogP contribution in [-0.2, 0) is 16.0 Å². The molecule has 1 saturated heterocycles. The number of carbonyl (C=O) groups is 2. The standard InChI is InChI=1S/C22H25N5O4/c1-16(28)26-9-8-17-4-2-3-5-19(17)20(26)14-22(29)25-12-10-24(11-13-25)21-7-6-18(15-23-21)27(30)31/h2-7,15,20H,8-14H2,1H3. The summed E-state index contributed by atoms with van der Waals surface area (Å²) >= 11 is 0. The van der Waals surface area contributed by atoms with E-state index in [-0.39, 0.29) is 30.0 Å².